The van der Waals surface area contributed by atoms with Crippen molar-refractivity contribution < 1.29 is 27.5 Å². The zero-order valence-electron chi connectivity index (χ0n) is 20.8. The van der Waals surface area contributed by atoms with E-state index < -0.39 is 33.8 Å². The molecule has 2 aromatic carbocycles. The van der Waals surface area contributed by atoms with E-state index in [2.05, 4.69) is 10.3 Å². The Bertz CT molecular complexity index is 1460. The summed E-state index contributed by atoms with van der Waals surface area (Å²) in [5, 5.41) is 4.79. The van der Waals surface area contributed by atoms with Crippen molar-refractivity contribution in [2.75, 3.05) is 31.6 Å². The van der Waals surface area contributed by atoms with Gasteiger partial charge in [-0.05, 0) is 30.2 Å². The van der Waals surface area contributed by atoms with E-state index in [1.165, 1.54) is 27.8 Å². The predicted molar refractivity (Wildman–Crippen MR) is 141 cm³/mol. The number of nitrogens with one attached hydrogen (secondary N) is 1. The van der Waals surface area contributed by atoms with Crippen molar-refractivity contribution in [3.63, 3.8) is 0 Å². The largest absolute Gasteiger partial charge is 0.379 e. The van der Waals surface area contributed by atoms with Crippen LogP contribution in [-0.2, 0) is 19.6 Å². The van der Waals surface area contributed by atoms with Gasteiger partial charge < -0.3 is 10.1 Å². The topological polar surface area (TPSA) is 126 Å². The molecule has 5 rings (SSSR count). The van der Waals surface area contributed by atoms with Crippen molar-refractivity contribution >= 4 is 44.2 Å². The van der Waals surface area contributed by atoms with Crippen LogP contribution in [0.3, 0.4) is 0 Å². The number of rotatable bonds is 7. The van der Waals surface area contributed by atoms with E-state index in [0.717, 1.165) is 4.90 Å². The quantitative estimate of drug-likeness (QED) is 0.445. The van der Waals surface area contributed by atoms with E-state index in [4.69, 9.17) is 4.74 Å². The van der Waals surface area contributed by atoms with Gasteiger partial charge in [0.2, 0.25) is 15.9 Å². The molecule has 2 aliphatic rings. The summed E-state index contributed by atoms with van der Waals surface area (Å²) in [6, 6.07) is 11.9. The van der Waals surface area contributed by atoms with Gasteiger partial charge in [0.25, 0.3) is 11.8 Å². The Kier molecular flexibility index (Phi) is 7.14. The SMILES string of the molecule is CC(C)[C@@H](C(=O)Nc1nc(-c2ccc(S(=O)(=O)N3CCOCC3)cc2)cs1)N1C(=O)c2ccccc2C1=O. The molecule has 3 amide bonds. The van der Waals surface area contributed by atoms with Crippen molar-refractivity contribution in [1.29, 1.82) is 0 Å². The Morgan fingerprint density at radius 1 is 1.00 bits per heavy atom. The molecule has 198 valence electrons. The first-order valence-electron chi connectivity index (χ1n) is 12.1. The second-order valence-electron chi connectivity index (χ2n) is 9.28. The first-order valence-corrected chi connectivity index (χ1v) is 14.4. The van der Waals surface area contributed by atoms with E-state index in [-0.39, 0.29) is 21.9 Å². The van der Waals surface area contributed by atoms with Gasteiger partial charge in [0.1, 0.15) is 6.04 Å². The van der Waals surface area contributed by atoms with Gasteiger partial charge in [0.15, 0.2) is 5.13 Å². The fourth-order valence-electron chi connectivity index (χ4n) is 4.56. The molecule has 0 aliphatic carbocycles. The summed E-state index contributed by atoms with van der Waals surface area (Å²) in [5.74, 6) is -1.84. The van der Waals surface area contributed by atoms with Crippen LogP contribution in [-0.4, -0.2) is 72.7 Å². The molecule has 0 saturated carbocycles. The van der Waals surface area contributed by atoms with Crippen LogP contribution in [0.5, 0.6) is 0 Å². The summed E-state index contributed by atoms with van der Waals surface area (Å²) in [7, 11) is -3.61. The molecule has 3 aromatic rings. The number of aromatic nitrogens is 1. The molecule has 2 aliphatic heterocycles. The average molecular weight is 555 g/mol. The van der Waals surface area contributed by atoms with Gasteiger partial charge in [-0.2, -0.15) is 4.31 Å². The number of amides is 3. The smallest absolute Gasteiger partial charge is 0.262 e. The van der Waals surface area contributed by atoms with Gasteiger partial charge in [0.05, 0.1) is 34.9 Å². The zero-order valence-corrected chi connectivity index (χ0v) is 22.4. The van der Waals surface area contributed by atoms with Crippen LogP contribution in [0.2, 0.25) is 0 Å². The average Bonchev–Trinajstić information content (AvgIpc) is 3.48. The van der Waals surface area contributed by atoms with Crippen molar-refractivity contribution in [2.24, 2.45) is 5.92 Å². The molecule has 1 atom stereocenters. The van der Waals surface area contributed by atoms with Crippen molar-refractivity contribution in [3.8, 4) is 11.3 Å². The molecule has 1 fully saturated rings. The lowest BCUT2D eigenvalue weighted by Crippen LogP contribution is -2.50. The highest BCUT2D eigenvalue weighted by Crippen LogP contribution is 2.30. The maximum atomic E-state index is 13.3. The fourth-order valence-corrected chi connectivity index (χ4v) is 6.69. The summed E-state index contributed by atoms with van der Waals surface area (Å²) in [4.78, 5) is 44.9. The number of ether oxygens (including phenoxy) is 1. The predicted octanol–water partition coefficient (Wildman–Crippen LogP) is 3.09. The summed E-state index contributed by atoms with van der Waals surface area (Å²) in [5.41, 5.74) is 1.81. The number of anilines is 1. The number of carbonyl (C=O) groups is 3. The third-order valence-electron chi connectivity index (χ3n) is 6.50. The van der Waals surface area contributed by atoms with Gasteiger partial charge in [-0.25, -0.2) is 13.4 Å². The lowest BCUT2D eigenvalue weighted by atomic mass is 10.0. The number of benzene rings is 2. The Morgan fingerprint density at radius 2 is 1.61 bits per heavy atom. The van der Waals surface area contributed by atoms with Crippen LogP contribution in [0.4, 0.5) is 5.13 Å². The zero-order chi connectivity index (χ0) is 27.0. The molecule has 0 radical (unpaired) electrons. The Hall–Kier alpha value is -3.45. The van der Waals surface area contributed by atoms with Crippen molar-refractivity contribution in [1.82, 2.24) is 14.2 Å². The van der Waals surface area contributed by atoms with E-state index in [1.807, 2.05) is 0 Å². The molecular formula is C26H26N4O6S2. The molecule has 0 bridgehead atoms. The molecule has 0 spiro atoms. The summed E-state index contributed by atoms with van der Waals surface area (Å²) < 4.78 is 32.4. The van der Waals surface area contributed by atoms with Crippen molar-refractivity contribution in [2.45, 2.75) is 24.8 Å². The number of sulfonamides is 1. The highest BCUT2D eigenvalue weighted by molar-refractivity contribution is 7.89. The fraction of sp³-hybridized carbons (Fsp3) is 0.308. The number of morpholine rings is 1. The maximum Gasteiger partial charge on any atom is 0.262 e. The maximum absolute atomic E-state index is 13.3. The molecule has 38 heavy (non-hydrogen) atoms. The molecule has 0 unspecified atom stereocenters. The molecule has 1 aromatic heterocycles. The number of hydrogen-bond acceptors (Lipinski definition) is 8. The number of imide groups is 1. The van der Waals surface area contributed by atoms with Gasteiger partial charge >= 0.3 is 0 Å². The minimum absolute atomic E-state index is 0.188. The molecule has 3 heterocycles. The second-order valence-corrected chi connectivity index (χ2v) is 12.1. The molecule has 10 nitrogen and oxygen atoms in total. The molecule has 12 heteroatoms. The monoisotopic (exact) mass is 554 g/mol. The molecule has 1 N–H and O–H groups in total. The number of fused-ring (bicyclic) bond motifs is 1. The van der Waals surface area contributed by atoms with Gasteiger partial charge in [-0.3, -0.25) is 19.3 Å². The Labute approximate surface area is 224 Å². The van der Waals surface area contributed by atoms with Crippen LogP contribution in [0.25, 0.3) is 11.3 Å². The van der Waals surface area contributed by atoms with Gasteiger partial charge in [-0.1, -0.05) is 38.1 Å². The minimum atomic E-state index is -3.61. The van der Waals surface area contributed by atoms with E-state index in [1.54, 1.807) is 55.6 Å². The summed E-state index contributed by atoms with van der Waals surface area (Å²) in [6.07, 6.45) is 0. The number of nitrogens with zero attached hydrogens (tertiary/aromatic N) is 3. The highest BCUT2D eigenvalue weighted by Gasteiger charge is 2.44. The van der Waals surface area contributed by atoms with Crippen LogP contribution >= 0.6 is 11.3 Å². The first-order chi connectivity index (χ1) is 18.2. The lowest BCUT2D eigenvalue weighted by Gasteiger charge is -2.27. The third kappa shape index (κ3) is 4.75. The Morgan fingerprint density at radius 3 is 2.18 bits per heavy atom. The molecular weight excluding hydrogens is 528 g/mol. The molecule has 1 saturated heterocycles. The first kappa shape index (κ1) is 26.2. The van der Waals surface area contributed by atoms with Gasteiger partial charge in [-0.15, -0.1) is 11.3 Å². The lowest BCUT2D eigenvalue weighted by molar-refractivity contribution is -0.121. The third-order valence-corrected chi connectivity index (χ3v) is 9.17. The second kappa shape index (κ2) is 10.4. The van der Waals surface area contributed by atoms with E-state index >= 15 is 0 Å². The standard InChI is InChI=1S/C26H26N4O6S2/c1-16(2)22(30-24(32)19-5-3-4-6-20(19)25(30)33)23(31)28-26-27-21(15-37-26)17-7-9-18(10-8-17)38(34,35)29-11-13-36-14-12-29/h3-10,15-16,22H,11-14H2,1-2H3,(H,27,28,31)/t22-/m0/s1. The normalized spacial score (nSPS) is 17.1. The highest BCUT2D eigenvalue weighted by atomic mass is 32.2. The minimum Gasteiger partial charge on any atom is -0.379 e. The summed E-state index contributed by atoms with van der Waals surface area (Å²) >= 11 is 1.19. The van der Waals surface area contributed by atoms with Crippen LogP contribution in [0.15, 0.2) is 58.8 Å². The van der Waals surface area contributed by atoms with E-state index in [0.29, 0.717) is 42.7 Å². The van der Waals surface area contributed by atoms with E-state index in [9.17, 15) is 22.8 Å². The number of thiazole rings is 1. The van der Waals surface area contributed by atoms with Crippen LogP contribution in [0, 0.1) is 5.92 Å². The van der Waals surface area contributed by atoms with Crippen LogP contribution in [0.1, 0.15) is 34.6 Å². The van der Waals surface area contributed by atoms with Gasteiger partial charge in [0, 0.05) is 24.0 Å². The number of hydrogen-bond donors (Lipinski definition) is 1. The van der Waals surface area contributed by atoms with Crippen molar-refractivity contribution in [3.05, 3.63) is 65.0 Å². The number of carbonyl (C=O) groups excluding carboxylic acids is 3. The Balaban J connectivity index is 1.31. The van der Waals surface area contributed by atoms with Crippen LogP contribution < -0.4 is 5.32 Å². The summed E-state index contributed by atoms with van der Waals surface area (Å²) in [6.45, 7) is 4.92.